The number of thiazole rings is 1. The van der Waals surface area contributed by atoms with Crippen molar-refractivity contribution in [3.05, 3.63) is 23.1 Å². The summed E-state index contributed by atoms with van der Waals surface area (Å²) in [6, 6.07) is 6.29. The molecular weight excluding hydrogens is 258 g/mol. The third-order valence-electron chi connectivity index (χ3n) is 3.42. The highest BCUT2D eigenvalue weighted by molar-refractivity contribution is 7.15. The molecule has 3 rings (SSSR count). The van der Waals surface area contributed by atoms with Crippen LogP contribution in [0.4, 0.5) is 10.8 Å². The average molecular weight is 275 g/mol. The first kappa shape index (κ1) is 12.3. The summed E-state index contributed by atoms with van der Waals surface area (Å²) in [5, 5.41) is 0.606. The minimum absolute atomic E-state index is 0.571. The summed E-state index contributed by atoms with van der Waals surface area (Å²) >= 11 is 1.51. The molecule has 0 spiro atoms. The fourth-order valence-electron chi connectivity index (χ4n) is 2.44. The summed E-state index contributed by atoms with van der Waals surface area (Å²) in [6.45, 7) is 6.86. The molecule has 0 saturated carbocycles. The fourth-order valence-corrected chi connectivity index (χ4v) is 3.20. The predicted molar refractivity (Wildman–Crippen MR) is 79.9 cm³/mol. The van der Waals surface area contributed by atoms with Crippen LogP contribution in [0.2, 0.25) is 0 Å². The smallest absolute Gasteiger partial charge is 0.180 e. The molecule has 0 saturated heterocycles. The lowest BCUT2D eigenvalue weighted by Gasteiger charge is -2.24. The molecule has 2 heterocycles. The molecule has 2 aromatic rings. The van der Waals surface area contributed by atoms with Crippen molar-refractivity contribution in [3.8, 4) is 17.0 Å². The van der Waals surface area contributed by atoms with E-state index in [0.717, 1.165) is 35.0 Å². The molecule has 5 heteroatoms. The maximum Gasteiger partial charge on any atom is 0.180 e. The molecule has 1 aliphatic rings. The van der Waals surface area contributed by atoms with E-state index in [0.29, 0.717) is 11.7 Å². The van der Waals surface area contributed by atoms with Crippen molar-refractivity contribution in [3.63, 3.8) is 0 Å². The summed E-state index contributed by atoms with van der Waals surface area (Å²) < 4.78 is 5.76. The van der Waals surface area contributed by atoms with Crippen LogP contribution in [0.3, 0.4) is 0 Å². The van der Waals surface area contributed by atoms with Gasteiger partial charge in [0.15, 0.2) is 5.13 Å². The number of nitrogens with two attached hydrogens (primary N) is 1. The van der Waals surface area contributed by atoms with E-state index in [2.05, 4.69) is 35.9 Å². The highest BCUT2D eigenvalue weighted by Crippen LogP contribution is 2.41. The van der Waals surface area contributed by atoms with Crippen LogP contribution in [0.5, 0.6) is 5.75 Å². The molecule has 0 aliphatic carbocycles. The number of aromatic nitrogens is 1. The Kier molecular flexibility index (Phi) is 3.06. The topological polar surface area (TPSA) is 51.4 Å². The molecule has 0 fully saturated rings. The minimum Gasteiger partial charge on any atom is -0.487 e. The van der Waals surface area contributed by atoms with Gasteiger partial charge >= 0.3 is 0 Å². The first-order chi connectivity index (χ1) is 9.22. The van der Waals surface area contributed by atoms with Crippen molar-refractivity contribution in [2.75, 3.05) is 23.7 Å². The predicted octanol–water partition coefficient (Wildman–Crippen LogP) is 3.13. The van der Waals surface area contributed by atoms with Gasteiger partial charge in [0.2, 0.25) is 0 Å². The number of hydrogen-bond donors (Lipinski definition) is 1. The monoisotopic (exact) mass is 275 g/mol. The quantitative estimate of drug-likeness (QED) is 0.935. The number of rotatable bonds is 3. The van der Waals surface area contributed by atoms with E-state index in [1.165, 1.54) is 17.0 Å². The molecule has 100 valence electrons. The second kappa shape index (κ2) is 4.74. The van der Waals surface area contributed by atoms with E-state index in [-0.39, 0.29) is 0 Å². The summed E-state index contributed by atoms with van der Waals surface area (Å²) in [4.78, 5) is 7.86. The van der Waals surface area contributed by atoms with Crippen molar-refractivity contribution in [1.82, 2.24) is 4.98 Å². The number of benzene rings is 1. The molecule has 1 aromatic heterocycles. The Morgan fingerprint density at radius 1 is 1.37 bits per heavy atom. The maximum atomic E-state index is 5.81. The summed E-state index contributed by atoms with van der Waals surface area (Å²) in [5.41, 5.74) is 9.05. The maximum absolute atomic E-state index is 5.81. The van der Waals surface area contributed by atoms with E-state index in [1.54, 1.807) is 0 Å². The summed E-state index contributed by atoms with van der Waals surface area (Å²) in [5.74, 6) is 0.897. The number of nitrogens with zero attached hydrogens (tertiary/aromatic N) is 2. The number of anilines is 2. The zero-order valence-electron chi connectivity index (χ0n) is 11.1. The van der Waals surface area contributed by atoms with Gasteiger partial charge in [-0.3, -0.25) is 0 Å². The van der Waals surface area contributed by atoms with Gasteiger partial charge in [-0.25, -0.2) is 4.98 Å². The molecule has 0 amide bonds. The van der Waals surface area contributed by atoms with E-state index in [1.807, 2.05) is 6.07 Å². The van der Waals surface area contributed by atoms with Crippen molar-refractivity contribution in [1.29, 1.82) is 0 Å². The largest absolute Gasteiger partial charge is 0.487 e. The lowest BCUT2D eigenvalue weighted by Crippen LogP contribution is -2.21. The van der Waals surface area contributed by atoms with E-state index < -0.39 is 0 Å². The van der Waals surface area contributed by atoms with Gasteiger partial charge in [-0.1, -0.05) is 11.3 Å². The number of ether oxygens (including phenoxy) is 1. The van der Waals surface area contributed by atoms with Gasteiger partial charge in [0, 0.05) is 24.3 Å². The Balaban J connectivity index is 2.09. The standard InChI is InChI=1S/C14H17N3OS/c1-3-17(4-2)9-5-6-11-10(7-9)13-12(8-18-11)19-14(15)16-13/h5-7H,3-4,8H2,1-2H3,(H2,15,16). The van der Waals surface area contributed by atoms with Crippen LogP contribution in [0.25, 0.3) is 11.3 Å². The van der Waals surface area contributed by atoms with Crippen LogP contribution < -0.4 is 15.4 Å². The van der Waals surface area contributed by atoms with Crippen LogP contribution in [-0.2, 0) is 6.61 Å². The van der Waals surface area contributed by atoms with E-state index in [4.69, 9.17) is 10.5 Å². The molecule has 4 nitrogen and oxygen atoms in total. The molecule has 0 bridgehead atoms. The zero-order chi connectivity index (χ0) is 13.4. The molecule has 19 heavy (non-hydrogen) atoms. The lowest BCUT2D eigenvalue weighted by molar-refractivity contribution is 0.305. The molecule has 2 N–H and O–H groups in total. The van der Waals surface area contributed by atoms with Gasteiger partial charge in [0.25, 0.3) is 0 Å². The molecule has 1 aromatic carbocycles. The number of hydrogen-bond acceptors (Lipinski definition) is 5. The van der Waals surface area contributed by atoms with Crippen LogP contribution >= 0.6 is 11.3 Å². The molecule has 1 aliphatic heterocycles. The van der Waals surface area contributed by atoms with Crippen LogP contribution in [0, 0.1) is 0 Å². The highest BCUT2D eigenvalue weighted by atomic mass is 32.1. The van der Waals surface area contributed by atoms with Gasteiger partial charge in [-0.05, 0) is 32.0 Å². The van der Waals surface area contributed by atoms with E-state index in [9.17, 15) is 0 Å². The van der Waals surface area contributed by atoms with Gasteiger partial charge in [0.05, 0.1) is 10.6 Å². The second-order valence-electron chi connectivity index (χ2n) is 4.47. The Hall–Kier alpha value is -1.75. The summed E-state index contributed by atoms with van der Waals surface area (Å²) in [7, 11) is 0. The normalized spacial score (nSPS) is 12.5. The minimum atomic E-state index is 0.571. The lowest BCUT2D eigenvalue weighted by atomic mass is 10.1. The van der Waals surface area contributed by atoms with Crippen molar-refractivity contribution in [2.45, 2.75) is 20.5 Å². The SMILES string of the molecule is CCN(CC)c1ccc2c(c1)-c1nc(N)sc1CO2. The molecule has 0 radical (unpaired) electrons. The fraction of sp³-hybridized carbons (Fsp3) is 0.357. The second-order valence-corrected chi connectivity index (χ2v) is 5.58. The average Bonchev–Trinajstić information content (AvgIpc) is 2.81. The zero-order valence-corrected chi connectivity index (χ0v) is 12.0. The first-order valence-corrected chi connectivity index (χ1v) is 7.32. The molecule has 0 unspecified atom stereocenters. The Labute approximate surface area is 116 Å². The van der Waals surface area contributed by atoms with Crippen LogP contribution in [-0.4, -0.2) is 18.1 Å². The third-order valence-corrected chi connectivity index (χ3v) is 4.28. The van der Waals surface area contributed by atoms with Gasteiger partial charge in [-0.15, -0.1) is 0 Å². The van der Waals surface area contributed by atoms with Gasteiger partial charge in [-0.2, -0.15) is 0 Å². The van der Waals surface area contributed by atoms with Crippen LogP contribution in [0.1, 0.15) is 18.7 Å². The number of nitrogen functional groups attached to an aromatic ring is 1. The Morgan fingerprint density at radius 2 is 2.16 bits per heavy atom. The summed E-state index contributed by atoms with van der Waals surface area (Å²) in [6.07, 6.45) is 0. The van der Waals surface area contributed by atoms with E-state index >= 15 is 0 Å². The third kappa shape index (κ3) is 2.04. The van der Waals surface area contributed by atoms with Crippen molar-refractivity contribution >= 4 is 22.2 Å². The van der Waals surface area contributed by atoms with Crippen molar-refractivity contribution < 1.29 is 4.74 Å². The Bertz CT molecular complexity index is 605. The van der Waals surface area contributed by atoms with Crippen molar-refractivity contribution in [2.24, 2.45) is 0 Å². The highest BCUT2D eigenvalue weighted by Gasteiger charge is 2.22. The van der Waals surface area contributed by atoms with Crippen LogP contribution in [0.15, 0.2) is 18.2 Å². The number of fused-ring (bicyclic) bond motifs is 3. The van der Waals surface area contributed by atoms with Gasteiger partial charge < -0.3 is 15.4 Å². The molecular formula is C14H17N3OS. The first-order valence-electron chi connectivity index (χ1n) is 6.50. The van der Waals surface area contributed by atoms with Gasteiger partial charge in [0.1, 0.15) is 12.4 Å². The Morgan fingerprint density at radius 3 is 2.89 bits per heavy atom. The molecule has 0 atom stereocenters.